The molecule has 0 radical (unpaired) electrons. The number of carbonyl (C=O) groups excluding carboxylic acids is 1. The van der Waals surface area contributed by atoms with Gasteiger partial charge in [0.05, 0.1) is 24.4 Å². The average Bonchev–Trinajstić information content (AvgIpc) is 3.57. The third-order valence-corrected chi connectivity index (χ3v) is 7.56. The first-order valence-electron chi connectivity index (χ1n) is 12.2. The third-order valence-electron chi connectivity index (χ3n) is 7.56. The van der Waals surface area contributed by atoms with E-state index in [1.165, 1.54) is 18.5 Å². The normalized spacial score (nSPS) is 18.0. The monoisotopic (exact) mass is 500 g/mol. The first kappa shape index (κ1) is 23.1. The Kier molecular flexibility index (Phi) is 5.61. The number of H-pyrrole nitrogens is 1. The van der Waals surface area contributed by atoms with Crippen molar-refractivity contribution in [3.05, 3.63) is 60.6 Å². The molecule has 0 aliphatic carbocycles. The number of rotatable bonds is 5. The predicted molar refractivity (Wildman–Crippen MR) is 132 cm³/mol. The molecule has 2 fully saturated rings. The smallest absolute Gasteiger partial charge is 0.253 e. The fourth-order valence-corrected chi connectivity index (χ4v) is 5.52. The zero-order valence-electron chi connectivity index (χ0n) is 20.0. The van der Waals surface area contributed by atoms with Crippen molar-refractivity contribution in [3.8, 4) is 23.1 Å². The van der Waals surface area contributed by atoms with E-state index in [1.54, 1.807) is 11.1 Å². The number of nitriles is 1. The zero-order valence-corrected chi connectivity index (χ0v) is 20.0. The fourth-order valence-electron chi connectivity index (χ4n) is 5.52. The molecular weight excluding hydrogens is 475 g/mol. The Morgan fingerprint density at radius 1 is 1.24 bits per heavy atom. The molecule has 6 rings (SSSR count). The van der Waals surface area contributed by atoms with Gasteiger partial charge in [-0.2, -0.15) is 10.4 Å². The van der Waals surface area contributed by atoms with Crippen molar-refractivity contribution >= 4 is 16.9 Å². The summed E-state index contributed by atoms with van der Waals surface area (Å²) in [4.78, 5) is 28.7. The highest BCUT2D eigenvalue weighted by atomic mass is 19.1. The summed E-state index contributed by atoms with van der Waals surface area (Å²) in [5.41, 5.74) is 2.26. The molecule has 10 nitrogen and oxygen atoms in total. The van der Waals surface area contributed by atoms with Gasteiger partial charge in [-0.1, -0.05) is 0 Å². The Morgan fingerprint density at radius 2 is 2.05 bits per heavy atom. The SMILES string of the molecule is N#CCC1(n2cc(-c3ncnc4[nH]ccc34)cn2)CN(C2CCN(C(=O)c3ccc(O)c(F)c3)CC2)C1. The van der Waals surface area contributed by atoms with Crippen LogP contribution in [0.2, 0.25) is 0 Å². The van der Waals surface area contributed by atoms with Crippen LogP contribution in [0.1, 0.15) is 29.6 Å². The van der Waals surface area contributed by atoms with E-state index in [9.17, 15) is 19.6 Å². The van der Waals surface area contributed by atoms with Crippen molar-refractivity contribution in [2.24, 2.45) is 0 Å². The number of nitrogens with zero attached hydrogens (tertiary/aromatic N) is 7. The van der Waals surface area contributed by atoms with E-state index < -0.39 is 17.1 Å². The van der Waals surface area contributed by atoms with Crippen LogP contribution in [0.3, 0.4) is 0 Å². The lowest BCUT2D eigenvalue weighted by Crippen LogP contribution is -2.66. The molecule has 188 valence electrons. The summed E-state index contributed by atoms with van der Waals surface area (Å²) in [6.45, 7) is 2.54. The maximum absolute atomic E-state index is 13.7. The number of amides is 1. The molecule has 2 aliphatic rings. The van der Waals surface area contributed by atoms with Crippen LogP contribution in [0, 0.1) is 17.1 Å². The summed E-state index contributed by atoms with van der Waals surface area (Å²) in [6, 6.07) is 8.30. The highest BCUT2D eigenvalue weighted by Gasteiger charge is 2.48. The minimum absolute atomic E-state index is 0.231. The van der Waals surface area contributed by atoms with Gasteiger partial charge in [-0.15, -0.1) is 0 Å². The molecule has 0 atom stereocenters. The van der Waals surface area contributed by atoms with Crippen LogP contribution < -0.4 is 0 Å². The molecule has 0 spiro atoms. The van der Waals surface area contributed by atoms with Crippen LogP contribution in [0.5, 0.6) is 5.75 Å². The number of hydrogen-bond acceptors (Lipinski definition) is 7. The Balaban J connectivity index is 1.12. The van der Waals surface area contributed by atoms with Crippen molar-refractivity contribution < 1.29 is 14.3 Å². The van der Waals surface area contributed by atoms with E-state index in [4.69, 9.17) is 0 Å². The molecule has 11 heteroatoms. The molecule has 0 saturated carbocycles. The predicted octanol–water partition coefficient (Wildman–Crippen LogP) is 2.90. The Bertz CT molecular complexity index is 1510. The quantitative estimate of drug-likeness (QED) is 0.431. The van der Waals surface area contributed by atoms with E-state index in [0.29, 0.717) is 38.6 Å². The minimum Gasteiger partial charge on any atom is -0.505 e. The molecule has 2 N–H and O–H groups in total. The Hall–Kier alpha value is -4.30. The highest BCUT2D eigenvalue weighted by Crippen LogP contribution is 2.37. The summed E-state index contributed by atoms with van der Waals surface area (Å²) in [6.07, 6.45) is 9.04. The van der Waals surface area contributed by atoms with Crippen molar-refractivity contribution in [1.29, 1.82) is 5.26 Å². The molecule has 4 aromatic rings. The lowest BCUT2D eigenvalue weighted by molar-refractivity contribution is -0.0412. The molecule has 2 saturated heterocycles. The third kappa shape index (κ3) is 3.99. The number of phenols is 1. The molecule has 1 amide bonds. The summed E-state index contributed by atoms with van der Waals surface area (Å²) in [5, 5.41) is 24.5. The maximum atomic E-state index is 13.7. The number of carbonyl (C=O) groups is 1. The van der Waals surface area contributed by atoms with E-state index in [0.717, 1.165) is 41.2 Å². The Morgan fingerprint density at radius 3 is 2.81 bits per heavy atom. The van der Waals surface area contributed by atoms with Crippen LogP contribution >= 0.6 is 0 Å². The van der Waals surface area contributed by atoms with Gasteiger partial charge in [0.1, 0.15) is 17.5 Å². The summed E-state index contributed by atoms with van der Waals surface area (Å²) >= 11 is 0. The van der Waals surface area contributed by atoms with Crippen LogP contribution in [-0.2, 0) is 5.54 Å². The number of piperidine rings is 1. The number of aromatic hydroxyl groups is 1. The van der Waals surface area contributed by atoms with Crippen LogP contribution in [0.15, 0.2) is 49.2 Å². The van der Waals surface area contributed by atoms with Crippen LogP contribution in [-0.4, -0.2) is 77.8 Å². The molecule has 2 aliphatic heterocycles. The van der Waals surface area contributed by atoms with E-state index >= 15 is 0 Å². The second-order valence-corrected chi connectivity index (χ2v) is 9.79. The summed E-state index contributed by atoms with van der Waals surface area (Å²) < 4.78 is 15.6. The van der Waals surface area contributed by atoms with E-state index in [1.807, 2.05) is 23.1 Å². The van der Waals surface area contributed by atoms with E-state index in [-0.39, 0.29) is 11.5 Å². The van der Waals surface area contributed by atoms with Gasteiger partial charge in [0.2, 0.25) is 0 Å². The van der Waals surface area contributed by atoms with Crippen LogP contribution in [0.4, 0.5) is 4.39 Å². The minimum atomic E-state index is -0.797. The van der Waals surface area contributed by atoms with Gasteiger partial charge in [0, 0.05) is 61.1 Å². The second kappa shape index (κ2) is 8.97. The molecule has 37 heavy (non-hydrogen) atoms. The number of hydrogen-bond donors (Lipinski definition) is 2. The first-order chi connectivity index (χ1) is 18.0. The number of aromatic nitrogens is 5. The van der Waals surface area contributed by atoms with Gasteiger partial charge in [-0.25, -0.2) is 14.4 Å². The van der Waals surface area contributed by atoms with Crippen LogP contribution in [0.25, 0.3) is 22.3 Å². The van der Waals surface area contributed by atoms with Crippen molar-refractivity contribution in [2.45, 2.75) is 30.8 Å². The van der Waals surface area contributed by atoms with Gasteiger partial charge < -0.3 is 15.0 Å². The summed E-state index contributed by atoms with van der Waals surface area (Å²) in [5.74, 6) is -1.49. The van der Waals surface area contributed by atoms with Crippen molar-refractivity contribution in [3.63, 3.8) is 0 Å². The number of likely N-dealkylation sites (tertiary alicyclic amines) is 2. The molecule has 5 heterocycles. The van der Waals surface area contributed by atoms with Crippen molar-refractivity contribution in [1.82, 2.24) is 34.5 Å². The number of aromatic amines is 1. The number of nitrogens with one attached hydrogen (secondary N) is 1. The molecule has 3 aromatic heterocycles. The number of halogens is 1. The second-order valence-electron chi connectivity index (χ2n) is 9.79. The van der Waals surface area contributed by atoms with Gasteiger partial charge in [0.15, 0.2) is 11.6 Å². The Labute approximate surface area is 212 Å². The average molecular weight is 501 g/mol. The lowest BCUT2D eigenvalue weighted by Gasteiger charge is -2.53. The number of benzene rings is 1. The standard InChI is InChI=1S/C26H25FN8O2/c27-21-11-17(1-2-22(21)36)25(37)33-9-4-19(5-10-33)34-14-26(15-34,6-7-28)35-13-18(12-32-35)23-20-3-8-29-24(20)31-16-30-23/h1-3,8,11-13,16,19,36H,4-6,9-10,14-15H2,(H,29,30,31). The highest BCUT2D eigenvalue weighted by molar-refractivity contribution is 5.94. The topological polar surface area (TPSA) is 127 Å². The number of phenolic OH excluding ortho intramolecular Hbond substituents is 1. The van der Waals surface area contributed by atoms with Crippen molar-refractivity contribution in [2.75, 3.05) is 26.2 Å². The molecule has 0 unspecified atom stereocenters. The summed E-state index contributed by atoms with van der Waals surface area (Å²) in [7, 11) is 0. The first-order valence-corrected chi connectivity index (χ1v) is 12.2. The zero-order chi connectivity index (χ0) is 25.6. The lowest BCUT2D eigenvalue weighted by atomic mass is 9.83. The largest absolute Gasteiger partial charge is 0.505 e. The van der Waals surface area contributed by atoms with Gasteiger partial charge in [-0.05, 0) is 37.1 Å². The maximum Gasteiger partial charge on any atom is 0.253 e. The number of fused-ring (bicyclic) bond motifs is 1. The van der Waals surface area contributed by atoms with Gasteiger partial charge in [-0.3, -0.25) is 14.4 Å². The fraction of sp³-hybridized carbons (Fsp3) is 0.346. The van der Waals surface area contributed by atoms with Gasteiger partial charge in [0.25, 0.3) is 5.91 Å². The van der Waals surface area contributed by atoms with Gasteiger partial charge >= 0.3 is 0 Å². The van der Waals surface area contributed by atoms with E-state index in [2.05, 4.69) is 31.0 Å². The molecular formula is C26H25FN8O2. The molecule has 1 aromatic carbocycles. The molecule has 0 bridgehead atoms.